The van der Waals surface area contributed by atoms with Crippen LogP contribution in [0.15, 0.2) is 35.3 Å². The lowest BCUT2D eigenvalue weighted by Crippen LogP contribution is -2.51. The largest absolute Gasteiger partial charge is 0.470 e. The van der Waals surface area contributed by atoms with E-state index in [1.807, 2.05) is 6.07 Å². The Balaban J connectivity index is 1.76. The minimum absolute atomic E-state index is 0.103. The Kier molecular flexibility index (Phi) is 5.29. The Labute approximate surface area is 149 Å². The molecule has 0 aliphatic carbocycles. The van der Waals surface area contributed by atoms with Crippen molar-refractivity contribution >= 4 is 5.91 Å². The number of carbonyl (C=O) groups is 1. The highest BCUT2D eigenvalue weighted by atomic mass is 16.5. The van der Waals surface area contributed by atoms with E-state index in [1.54, 1.807) is 31.3 Å². The van der Waals surface area contributed by atoms with Crippen molar-refractivity contribution in [1.82, 2.24) is 15.3 Å². The molecule has 1 fully saturated rings. The van der Waals surface area contributed by atoms with Crippen molar-refractivity contribution in [2.75, 3.05) is 13.2 Å². The van der Waals surface area contributed by atoms with Crippen LogP contribution in [0.3, 0.4) is 0 Å². The summed E-state index contributed by atoms with van der Waals surface area (Å²) in [6.45, 7) is 2.44. The van der Waals surface area contributed by atoms with Gasteiger partial charge in [0.1, 0.15) is 17.7 Å². The molecule has 1 aliphatic heterocycles. The summed E-state index contributed by atoms with van der Waals surface area (Å²) < 4.78 is 11.3. The van der Waals surface area contributed by atoms with Crippen molar-refractivity contribution in [3.63, 3.8) is 0 Å². The Hall–Kier alpha value is -3.18. The zero-order chi connectivity index (χ0) is 18.5. The van der Waals surface area contributed by atoms with Gasteiger partial charge in [-0.2, -0.15) is 5.26 Å². The van der Waals surface area contributed by atoms with Gasteiger partial charge in [-0.1, -0.05) is 6.07 Å². The van der Waals surface area contributed by atoms with Crippen molar-refractivity contribution in [3.05, 3.63) is 57.6 Å². The average molecular weight is 354 g/mol. The van der Waals surface area contributed by atoms with Crippen LogP contribution in [0.5, 0.6) is 5.88 Å². The standard InChI is InChI=1S/C18H18N4O4/c1-11-13(8-12(9-19)17(23)21-11)18(24)22-14-5-7-25-10-15(14)26-16-4-2-3-6-20-16/h2-4,6,8,14-15H,5,7,10H2,1H3,(H,21,23)(H,22,24)/t14-,15-/m1/s1. The summed E-state index contributed by atoms with van der Waals surface area (Å²) in [6, 6.07) is 8.14. The smallest absolute Gasteiger partial charge is 0.266 e. The monoisotopic (exact) mass is 354 g/mol. The van der Waals surface area contributed by atoms with E-state index in [9.17, 15) is 9.59 Å². The van der Waals surface area contributed by atoms with Crippen LogP contribution in [-0.4, -0.2) is 41.2 Å². The maximum absolute atomic E-state index is 12.7. The fourth-order valence-corrected chi connectivity index (χ4v) is 2.75. The number of aryl methyl sites for hydroxylation is 1. The van der Waals surface area contributed by atoms with Gasteiger partial charge in [-0.15, -0.1) is 0 Å². The van der Waals surface area contributed by atoms with E-state index >= 15 is 0 Å². The summed E-state index contributed by atoms with van der Waals surface area (Å²) in [5, 5.41) is 11.9. The molecule has 8 nitrogen and oxygen atoms in total. The van der Waals surface area contributed by atoms with Gasteiger partial charge in [-0.25, -0.2) is 4.98 Å². The number of rotatable bonds is 4. The molecule has 0 saturated carbocycles. The molecule has 0 bridgehead atoms. The van der Waals surface area contributed by atoms with Crippen molar-refractivity contribution in [3.8, 4) is 11.9 Å². The van der Waals surface area contributed by atoms with Crippen LogP contribution in [0.4, 0.5) is 0 Å². The molecule has 0 aromatic carbocycles. The normalized spacial score (nSPS) is 19.4. The minimum atomic E-state index is -0.510. The van der Waals surface area contributed by atoms with Crippen LogP contribution in [0.25, 0.3) is 0 Å². The quantitative estimate of drug-likeness (QED) is 0.843. The Morgan fingerprint density at radius 3 is 3.08 bits per heavy atom. The molecule has 0 radical (unpaired) electrons. The maximum Gasteiger partial charge on any atom is 0.266 e. The average Bonchev–Trinajstić information content (AvgIpc) is 2.64. The molecule has 2 aromatic rings. The first-order valence-corrected chi connectivity index (χ1v) is 8.19. The third-order valence-corrected chi connectivity index (χ3v) is 4.13. The van der Waals surface area contributed by atoms with Crippen molar-refractivity contribution in [1.29, 1.82) is 5.26 Å². The summed E-state index contributed by atoms with van der Waals surface area (Å²) in [6.07, 6.45) is 1.82. The van der Waals surface area contributed by atoms with E-state index < -0.39 is 5.56 Å². The fourth-order valence-electron chi connectivity index (χ4n) is 2.75. The number of aromatic nitrogens is 2. The molecule has 8 heteroatoms. The van der Waals surface area contributed by atoms with Crippen LogP contribution in [0.1, 0.15) is 28.0 Å². The van der Waals surface area contributed by atoms with Crippen LogP contribution in [-0.2, 0) is 4.74 Å². The molecule has 2 N–H and O–H groups in total. The predicted molar refractivity (Wildman–Crippen MR) is 91.9 cm³/mol. The summed E-state index contributed by atoms with van der Waals surface area (Å²) in [4.78, 5) is 30.9. The lowest BCUT2D eigenvalue weighted by molar-refractivity contribution is -0.0153. The van der Waals surface area contributed by atoms with Crippen molar-refractivity contribution < 1.29 is 14.3 Å². The van der Waals surface area contributed by atoms with E-state index in [4.69, 9.17) is 14.7 Å². The third-order valence-electron chi connectivity index (χ3n) is 4.13. The number of ether oxygens (including phenoxy) is 2. The Morgan fingerprint density at radius 1 is 1.50 bits per heavy atom. The first-order valence-electron chi connectivity index (χ1n) is 8.19. The molecule has 2 atom stereocenters. The second-order valence-electron chi connectivity index (χ2n) is 5.93. The van der Waals surface area contributed by atoms with E-state index in [1.165, 1.54) is 6.07 Å². The molecule has 1 aliphatic rings. The summed E-state index contributed by atoms with van der Waals surface area (Å²) in [5.41, 5.74) is 0.0444. The van der Waals surface area contributed by atoms with Gasteiger partial charge in [0.15, 0.2) is 0 Å². The van der Waals surface area contributed by atoms with Gasteiger partial charge in [-0.3, -0.25) is 9.59 Å². The number of aromatic amines is 1. The lowest BCUT2D eigenvalue weighted by atomic mass is 10.0. The Bertz CT molecular complexity index is 888. The number of amides is 1. The zero-order valence-electron chi connectivity index (χ0n) is 14.2. The zero-order valence-corrected chi connectivity index (χ0v) is 14.2. The number of nitriles is 1. The van der Waals surface area contributed by atoms with Gasteiger partial charge in [0.2, 0.25) is 5.88 Å². The lowest BCUT2D eigenvalue weighted by Gasteiger charge is -2.32. The molecule has 1 saturated heterocycles. The number of carbonyl (C=O) groups excluding carboxylic acids is 1. The maximum atomic E-state index is 12.7. The van der Waals surface area contributed by atoms with Gasteiger partial charge in [0.05, 0.1) is 18.2 Å². The SMILES string of the molecule is Cc1[nH]c(=O)c(C#N)cc1C(=O)N[C@@H]1CCOC[C@H]1Oc1ccccn1. The topological polar surface area (TPSA) is 117 Å². The highest BCUT2D eigenvalue weighted by Crippen LogP contribution is 2.16. The molecule has 2 aromatic heterocycles. The van der Waals surface area contributed by atoms with Crippen molar-refractivity contribution in [2.45, 2.75) is 25.5 Å². The number of nitrogens with zero attached hydrogens (tertiary/aromatic N) is 2. The first kappa shape index (κ1) is 17.6. The molecule has 1 amide bonds. The van der Waals surface area contributed by atoms with Gasteiger partial charge in [0, 0.05) is 24.6 Å². The molecule has 134 valence electrons. The second-order valence-corrected chi connectivity index (χ2v) is 5.93. The molecule has 0 spiro atoms. The number of nitrogens with one attached hydrogen (secondary N) is 2. The van der Waals surface area contributed by atoms with Gasteiger partial charge in [-0.05, 0) is 25.5 Å². The molecule has 0 unspecified atom stereocenters. The van der Waals surface area contributed by atoms with Crippen molar-refractivity contribution in [2.24, 2.45) is 0 Å². The Morgan fingerprint density at radius 2 is 2.35 bits per heavy atom. The van der Waals surface area contributed by atoms with Gasteiger partial charge < -0.3 is 19.8 Å². The number of hydrogen-bond donors (Lipinski definition) is 2. The number of H-pyrrole nitrogens is 1. The van der Waals surface area contributed by atoms with Crippen LogP contribution >= 0.6 is 0 Å². The third kappa shape index (κ3) is 3.90. The van der Waals surface area contributed by atoms with Gasteiger partial charge >= 0.3 is 0 Å². The van der Waals surface area contributed by atoms with Crippen LogP contribution in [0.2, 0.25) is 0 Å². The summed E-state index contributed by atoms with van der Waals surface area (Å²) >= 11 is 0. The molecule has 3 rings (SSSR count). The molecular formula is C18H18N4O4. The number of hydrogen-bond acceptors (Lipinski definition) is 6. The summed E-state index contributed by atoms with van der Waals surface area (Å²) in [7, 11) is 0. The van der Waals surface area contributed by atoms with Gasteiger partial charge in [0.25, 0.3) is 11.5 Å². The first-order chi connectivity index (χ1) is 12.6. The van der Waals surface area contributed by atoms with E-state index in [0.29, 0.717) is 31.2 Å². The second kappa shape index (κ2) is 7.80. The highest BCUT2D eigenvalue weighted by molar-refractivity contribution is 5.95. The number of pyridine rings is 2. The predicted octanol–water partition coefficient (Wildman–Crippen LogP) is 0.916. The molecule has 3 heterocycles. The van der Waals surface area contributed by atoms with E-state index in [0.717, 1.165) is 0 Å². The summed E-state index contributed by atoms with van der Waals surface area (Å²) in [5.74, 6) is 0.0750. The van der Waals surface area contributed by atoms with E-state index in [-0.39, 0.29) is 29.2 Å². The molecular weight excluding hydrogens is 336 g/mol. The highest BCUT2D eigenvalue weighted by Gasteiger charge is 2.30. The van der Waals surface area contributed by atoms with Crippen LogP contribution < -0.4 is 15.6 Å². The van der Waals surface area contributed by atoms with E-state index in [2.05, 4.69) is 15.3 Å². The van der Waals surface area contributed by atoms with Crippen LogP contribution in [0, 0.1) is 18.3 Å². The minimum Gasteiger partial charge on any atom is -0.470 e. The fraction of sp³-hybridized carbons (Fsp3) is 0.333. The molecule has 26 heavy (non-hydrogen) atoms.